The lowest BCUT2D eigenvalue weighted by Gasteiger charge is -2.14. The number of carbonyl (C=O) groups is 1. The summed E-state index contributed by atoms with van der Waals surface area (Å²) in [7, 11) is 0. The van der Waals surface area contributed by atoms with Crippen LogP contribution < -0.4 is 15.6 Å². The molecule has 3 aromatic carbocycles. The summed E-state index contributed by atoms with van der Waals surface area (Å²) in [6.45, 7) is 0.583. The molecule has 0 atom stereocenters. The second-order valence-electron chi connectivity index (χ2n) is 6.94. The minimum Gasteiger partial charge on any atom is -0.492 e. The fourth-order valence-electron chi connectivity index (χ4n) is 3.13. The average Bonchev–Trinajstić information content (AvgIpc) is 2.82. The maximum absolute atomic E-state index is 14.5. The number of nitrogens with one attached hydrogen (secondary N) is 1. The molecule has 168 valence electrons. The van der Waals surface area contributed by atoms with E-state index >= 15 is 0 Å². The van der Waals surface area contributed by atoms with E-state index in [9.17, 15) is 14.0 Å². The van der Waals surface area contributed by atoms with Crippen LogP contribution in [0.5, 0.6) is 5.75 Å². The third-order valence-electron chi connectivity index (χ3n) is 4.68. The lowest BCUT2D eigenvalue weighted by Crippen LogP contribution is -2.30. The number of carbonyl (C=O) groups excluding carboxylic acids is 1. The fourth-order valence-corrected chi connectivity index (χ4v) is 4.09. The molecule has 0 aliphatic rings. The molecule has 0 aliphatic carbocycles. The summed E-state index contributed by atoms with van der Waals surface area (Å²) in [5, 5.41) is 3.97. The normalized spacial score (nSPS) is 10.8. The molecule has 0 saturated heterocycles. The van der Waals surface area contributed by atoms with Crippen molar-refractivity contribution in [1.29, 1.82) is 0 Å². The molecule has 0 bridgehead atoms. The number of ether oxygens (including phenoxy) is 1. The Balaban J connectivity index is 1.46. The number of rotatable bonds is 8. The molecule has 0 saturated carbocycles. The fraction of sp³-hybridized carbons (Fsp3) is 0.125. The van der Waals surface area contributed by atoms with E-state index < -0.39 is 11.4 Å². The quantitative estimate of drug-likeness (QED) is 0.227. The number of amides is 1. The smallest absolute Gasteiger partial charge is 0.266 e. The average molecular weight is 484 g/mol. The van der Waals surface area contributed by atoms with E-state index in [4.69, 9.17) is 16.3 Å². The minimum absolute atomic E-state index is 0.000176. The highest BCUT2D eigenvalue weighted by Gasteiger charge is 2.17. The Morgan fingerprint density at radius 1 is 1.06 bits per heavy atom. The van der Waals surface area contributed by atoms with Crippen molar-refractivity contribution in [2.24, 2.45) is 0 Å². The number of hydrogen-bond acceptors (Lipinski definition) is 5. The molecule has 1 aromatic heterocycles. The molecule has 33 heavy (non-hydrogen) atoms. The summed E-state index contributed by atoms with van der Waals surface area (Å²) in [6.07, 6.45) is 0. The third kappa shape index (κ3) is 5.53. The van der Waals surface area contributed by atoms with Crippen LogP contribution in [-0.2, 0) is 4.79 Å². The first-order chi connectivity index (χ1) is 16.0. The summed E-state index contributed by atoms with van der Waals surface area (Å²) in [6, 6.07) is 19.7. The monoisotopic (exact) mass is 483 g/mol. The summed E-state index contributed by atoms with van der Waals surface area (Å²) in [5.74, 6) is -0.165. The van der Waals surface area contributed by atoms with Gasteiger partial charge in [-0.25, -0.2) is 9.37 Å². The van der Waals surface area contributed by atoms with Gasteiger partial charge in [-0.05, 0) is 48.5 Å². The van der Waals surface area contributed by atoms with Crippen LogP contribution in [0.25, 0.3) is 16.6 Å². The minimum atomic E-state index is -0.553. The molecule has 1 amide bonds. The highest BCUT2D eigenvalue weighted by atomic mass is 35.5. The van der Waals surface area contributed by atoms with E-state index in [2.05, 4.69) is 10.3 Å². The van der Waals surface area contributed by atoms with Gasteiger partial charge in [0.1, 0.15) is 18.2 Å². The molecule has 0 radical (unpaired) electrons. The molecule has 6 nitrogen and oxygen atoms in total. The lowest BCUT2D eigenvalue weighted by atomic mass is 10.2. The zero-order valence-electron chi connectivity index (χ0n) is 17.3. The lowest BCUT2D eigenvalue weighted by molar-refractivity contribution is -0.118. The van der Waals surface area contributed by atoms with Crippen molar-refractivity contribution in [2.45, 2.75) is 5.16 Å². The van der Waals surface area contributed by atoms with Crippen molar-refractivity contribution in [3.63, 3.8) is 0 Å². The Bertz CT molecular complexity index is 1350. The van der Waals surface area contributed by atoms with Gasteiger partial charge >= 0.3 is 0 Å². The van der Waals surface area contributed by atoms with Gasteiger partial charge in [0.15, 0.2) is 5.16 Å². The maximum atomic E-state index is 14.5. The SMILES string of the molecule is O=C(CSc1nc2ccccc2c(=O)n1-c1ccccc1F)NCCOc1ccc(Cl)cc1. The number of nitrogens with zero attached hydrogens (tertiary/aromatic N) is 2. The van der Waals surface area contributed by atoms with E-state index in [0.29, 0.717) is 28.2 Å². The molecule has 0 spiro atoms. The second-order valence-corrected chi connectivity index (χ2v) is 8.32. The first-order valence-electron chi connectivity index (χ1n) is 10.1. The van der Waals surface area contributed by atoms with Gasteiger partial charge in [0, 0.05) is 5.02 Å². The molecule has 9 heteroatoms. The molecule has 0 aliphatic heterocycles. The number of thioether (sulfide) groups is 1. The van der Waals surface area contributed by atoms with Gasteiger partial charge in [-0.2, -0.15) is 0 Å². The van der Waals surface area contributed by atoms with Crippen LogP contribution in [0.4, 0.5) is 4.39 Å². The van der Waals surface area contributed by atoms with Crippen LogP contribution in [0, 0.1) is 5.82 Å². The summed E-state index contributed by atoms with van der Waals surface area (Å²) in [5.41, 5.74) is 0.166. The van der Waals surface area contributed by atoms with Gasteiger partial charge in [0.05, 0.1) is 28.9 Å². The van der Waals surface area contributed by atoms with Crippen LogP contribution in [0.15, 0.2) is 82.7 Å². The zero-order valence-corrected chi connectivity index (χ0v) is 18.9. The van der Waals surface area contributed by atoms with E-state index in [1.807, 2.05) is 0 Å². The Labute approximate surface area is 198 Å². The van der Waals surface area contributed by atoms with Gasteiger partial charge in [-0.3, -0.25) is 14.2 Å². The summed E-state index contributed by atoms with van der Waals surface area (Å²) in [4.78, 5) is 30.0. The van der Waals surface area contributed by atoms with Crippen LogP contribution in [0.3, 0.4) is 0 Å². The van der Waals surface area contributed by atoms with E-state index in [1.54, 1.807) is 60.7 Å². The molecule has 0 unspecified atom stereocenters. The van der Waals surface area contributed by atoms with E-state index in [1.165, 1.54) is 16.7 Å². The standard InChI is InChI=1S/C24H19ClFN3O3S/c25-16-9-11-17(12-10-16)32-14-13-27-22(30)15-33-24-28-20-7-3-1-5-18(20)23(31)29(24)21-8-4-2-6-19(21)26/h1-12H,13-15H2,(H,27,30). The maximum Gasteiger partial charge on any atom is 0.266 e. The van der Waals surface area contributed by atoms with Gasteiger partial charge in [-0.1, -0.05) is 47.6 Å². The van der Waals surface area contributed by atoms with Crippen molar-refractivity contribution in [3.8, 4) is 11.4 Å². The Morgan fingerprint density at radius 3 is 2.58 bits per heavy atom. The highest BCUT2D eigenvalue weighted by molar-refractivity contribution is 7.99. The number of para-hydroxylation sites is 2. The van der Waals surface area contributed by atoms with Crippen molar-refractivity contribution in [3.05, 3.63) is 94.0 Å². The molecule has 4 rings (SSSR count). The van der Waals surface area contributed by atoms with Crippen molar-refractivity contribution < 1.29 is 13.9 Å². The predicted octanol–water partition coefficient (Wildman–Crippen LogP) is 4.47. The highest BCUT2D eigenvalue weighted by Crippen LogP contribution is 2.22. The predicted molar refractivity (Wildman–Crippen MR) is 128 cm³/mol. The second kappa shape index (κ2) is 10.5. The molecule has 0 fully saturated rings. The molecular weight excluding hydrogens is 465 g/mol. The number of hydrogen-bond donors (Lipinski definition) is 1. The Hall–Kier alpha value is -3.36. The Kier molecular flexibility index (Phi) is 7.26. The number of fused-ring (bicyclic) bond motifs is 1. The molecule has 1 N–H and O–H groups in total. The van der Waals surface area contributed by atoms with Crippen LogP contribution >= 0.6 is 23.4 Å². The number of benzene rings is 3. The zero-order chi connectivity index (χ0) is 23.2. The van der Waals surface area contributed by atoms with E-state index in [-0.39, 0.29) is 29.1 Å². The van der Waals surface area contributed by atoms with E-state index in [0.717, 1.165) is 11.8 Å². The van der Waals surface area contributed by atoms with Gasteiger partial charge in [0.2, 0.25) is 5.91 Å². The van der Waals surface area contributed by atoms with Gasteiger partial charge in [-0.15, -0.1) is 0 Å². The van der Waals surface area contributed by atoms with Gasteiger partial charge < -0.3 is 10.1 Å². The Morgan fingerprint density at radius 2 is 1.79 bits per heavy atom. The molecule has 4 aromatic rings. The van der Waals surface area contributed by atoms with Crippen LogP contribution in [-0.4, -0.2) is 34.4 Å². The number of aromatic nitrogens is 2. The third-order valence-corrected chi connectivity index (χ3v) is 5.87. The van der Waals surface area contributed by atoms with Crippen LogP contribution in [0.2, 0.25) is 5.02 Å². The first-order valence-corrected chi connectivity index (χ1v) is 11.4. The van der Waals surface area contributed by atoms with Crippen molar-refractivity contribution >= 4 is 40.2 Å². The largest absolute Gasteiger partial charge is 0.492 e. The first kappa shape index (κ1) is 22.8. The topological polar surface area (TPSA) is 73.2 Å². The summed E-state index contributed by atoms with van der Waals surface area (Å²) < 4.78 is 21.3. The van der Waals surface area contributed by atoms with Gasteiger partial charge in [0.25, 0.3) is 5.56 Å². The molecule has 1 heterocycles. The van der Waals surface area contributed by atoms with Crippen molar-refractivity contribution in [1.82, 2.24) is 14.9 Å². The summed E-state index contributed by atoms with van der Waals surface area (Å²) >= 11 is 6.90. The number of halogens is 2. The molecular formula is C24H19ClFN3O3S. The van der Waals surface area contributed by atoms with Crippen LogP contribution in [0.1, 0.15) is 0 Å². The van der Waals surface area contributed by atoms with Crippen molar-refractivity contribution in [2.75, 3.05) is 18.9 Å².